The third-order valence-corrected chi connectivity index (χ3v) is 3.98. The zero-order chi connectivity index (χ0) is 15.8. The molecule has 0 bridgehead atoms. The van der Waals surface area contributed by atoms with E-state index >= 15 is 0 Å². The summed E-state index contributed by atoms with van der Waals surface area (Å²) in [6.07, 6.45) is 7.09. The zero-order valence-electron chi connectivity index (χ0n) is 13.2. The summed E-state index contributed by atoms with van der Waals surface area (Å²) in [4.78, 5) is 23.8. The summed E-state index contributed by atoms with van der Waals surface area (Å²) in [5.74, 6) is 0.0182. The van der Waals surface area contributed by atoms with Gasteiger partial charge in [0.1, 0.15) is 5.75 Å². The maximum Gasteiger partial charge on any atom is 0.338 e. The minimum absolute atomic E-state index is 0.0208. The molecule has 0 amide bonds. The molecule has 1 aromatic carbocycles. The van der Waals surface area contributed by atoms with Crippen LogP contribution in [0, 0.1) is 5.92 Å². The molecule has 22 heavy (non-hydrogen) atoms. The Morgan fingerprint density at radius 2 is 1.77 bits per heavy atom. The molecular formula is C18H24O4. The van der Waals surface area contributed by atoms with Gasteiger partial charge in [-0.25, -0.2) is 4.79 Å². The maximum absolute atomic E-state index is 12.0. The fourth-order valence-electron chi connectivity index (χ4n) is 2.59. The number of hydrogen-bond acceptors (Lipinski definition) is 4. The fraction of sp³-hybridized carbons (Fsp3) is 0.556. The third kappa shape index (κ3) is 4.86. The predicted molar refractivity (Wildman–Crippen MR) is 83.8 cm³/mol. The molecule has 0 aliphatic heterocycles. The summed E-state index contributed by atoms with van der Waals surface area (Å²) in [5, 5.41) is 0. The summed E-state index contributed by atoms with van der Waals surface area (Å²) in [5.41, 5.74) is 0.480. The van der Waals surface area contributed by atoms with Crippen LogP contribution in [0.15, 0.2) is 24.3 Å². The molecule has 0 heterocycles. The van der Waals surface area contributed by atoms with Crippen LogP contribution in [-0.4, -0.2) is 18.5 Å². The van der Waals surface area contributed by atoms with E-state index in [1.165, 1.54) is 6.42 Å². The first-order valence-electron chi connectivity index (χ1n) is 8.19. The molecule has 0 saturated heterocycles. The predicted octanol–water partition coefficient (Wildman–Crippen LogP) is 4.13. The zero-order valence-corrected chi connectivity index (χ0v) is 13.2. The summed E-state index contributed by atoms with van der Waals surface area (Å²) < 4.78 is 10.5. The van der Waals surface area contributed by atoms with Crippen LogP contribution in [0.4, 0.5) is 0 Å². The molecular weight excluding hydrogens is 280 g/mol. The number of hydrogen-bond donors (Lipinski definition) is 0. The van der Waals surface area contributed by atoms with Gasteiger partial charge in [-0.05, 0) is 43.5 Å². The van der Waals surface area contributed by atoms with Gasteiger partial charge in [0.2, 0.25) is 0 Å². The van der Waals surface area contributed by atoms with Crippen LogP contribution in [0.1, 0.15) is 62.2 Å². The van der Waals surface area contributed by atoms with Crippen LogP contribution in [0.3, 0.4) is 0 Å². The number of unbranched alkanes of at least 4 members (excludes halogenated alkanes) is 1. The molecule has 2 rings (SSSR count). The Morgan fingerprint density at radius 3 is 2.41 bits per heavy atom. The van der Waals surface area contributed by atoms with E-state index in [4.69, 9.17) is 9.47 Å². The Labute approximate surface area is 131 Å². The number of carbonyl (C=O) groups is 2. The van der Waals surface area contributed by atoms with Gasteiger partial charge in [0, 0.05) is 0 Å². The lowest BCUT2D eigenvalue weighted by molar-refractivity contribution is -0.139. The van der Waals surface area contributed by atoms with Crippen molar-refractivity contribution >= 4 is 11.9 Å². The number of esters is 2. The normalized spacial score (nSPS) is 15.3. The molecule has 4 nitrogen and oxygen atoms in total. The number of ether oxygens (including phenoxy) is 2. The minimum atomic E-state index is -0.335. The minimum Gasteiger partial charge on any atom is -0.462 e. The highest BCUT2D eigenvalue weighted by molar-refractivity contribution is 5.89. The van der Waals surface area contributed by atoms with Gasteiger partial charge in [-0.2, -0.15) is 0 Å². The molecule has 0 N–H and O–H groups in total. The summed E-state index contributed by atoms with van der Waals surface area (Å²) in [7, 11) is 0. The van der Waals surface area contributed by atoms with Crippen molar-refractivity contribution in [2.24, 2.45) is 5.92 Å². The van der Waals surface area contributed by atoms with E-state index in [0.717, 1.165) is 38.5 Å². The Balaban J connectivity index is 1.85. The van der Waals surface area contributed by atoms with Crippen molar-refractivity contribution in [1.82, 2.24) is 0 Å². The van der Waals surface area contributed by atoms with Gasteiger partial charge in [-0.3, -0.25) is 4.79 Å². The lowest BCUT2D eigenvalue weighted by Crippen LogP contribution is -2.22. The molecule has 0 unspecified atom stereocenters. The highest BCUT2D eigenvalue weighted by Crippen LogP contribution is 2.25. The van der Waals surface area contributed by atoms with E-state index < -0.39 is 0 Å². The first kappa shape index (κ1) is 16.5. The first-order valence-corrected chi connectivity index (χ1v) is 8.19. The standard InChI is InChI=1S/C18H24O4/c1-2-3-13-21-17(19)15-9-11-16(12-10-15)22-18(20)14-7-5-4-6-8-14/h9-12,14H,2-8,13H2,1H3. The molecule has 1 saturated carbocycles. The molecule has 0 atom stereocenters. The molecule has 4 heteroatoms. The van der Waals surface area contributed by atoms with E-state index in [1.54, 1.807) is 24.3 Å². The fourth-order valence-corrected chi connectivity index (χ4v) is 2.59. The second-order valence-corrected chi connectivity index (χ2v) is 5.77. The van der Waals surface area contributed by atoms with Crippen molar-refractivity contribution in [1.29, 1.82) is 0 Å². The topological polar surface area (TPSA) is 52.6 Å². The highest BCUT2D eigenvalue weighted by Gasteiger charge is 2.23. The lowest BCUT2D eigenvalue weighted by Gasteiger charge is -2.19. The van der Waals surface area contributed by atoms with Crippen LogP contribution in [0.5, 0.6) is 5.75 Å². The van der Waals surface area contributed by atoms with E-state index in [1.807, 2.05) is 6.92 Å². The summed E-state index contributed by atoms with van der Waals surface area (Å²) in [6.45, 7) is 2.48. The summed E-state index contributed by atoms with van der Waals surface area (Å²) >= 11 is 0. The molecule has 0 radical (unpaired) electrons. The van der Waals surface area contributed by atoms with E-state index in [0.29, 0.717) is 17.9 Å². The van der Waals surface area contributed by atoms with Crippen molar-refractivity contribution in [2.75, 3.05) is 6.61 Å². The van der Waals surface area contributed by atoms with Crippen LogP contribution in [-0.2, 0) is 9.53 Å². The van der Waals surface area contributed by atoms with Crippen LogP contribution in [0.2, 0.25) is 0 Å². The Kier molecular flexibility index (Phi) is 6.44. The van der Waals surface area contributed by atoms with Crippen molar-refractivity contribution < 1.29 is 19.1 Å². The van der Waals surface area contributed by atoms with Gasteiger partial charge in [0.15, 0.2) is 0 Å². The van der Waals surface area contributed by atoms with Crippen molar-refractivity contribution in [3.05, 3.63) is 29.8 Å². The molecule has 120 valence electrons. The maximum atomic E-state index is 12.0. The Bertz CT molecular complexity index is 486. The second-order valence-electron chi connectivity index (χ2n) is 5.77. The van der Waals surface area contributed by atoms with Gasteiger partial charge in [-0.1, -0.05) is 32.6 Å². The quantitative estimate of drug-likeness (QED) is 0.450. The van der Waals surface area contributed by atoms with E-state index in [2.05, 4.69) is 0 Å². The van der Waals surface area contributed by atoms with Gasteiger partial charge in [0.05, 0.1) is 18.1 Å². The van der Waals surface area contributed by atoms with Crippen LogP contribution in [0.25, 0.3) is 0 Å². The van der Waals surface area contributed by atoms with Crippen LogP contribution < -0.4 is 4.74 Å². The SMILES string of the molecule is CCCCOC(=O)c1ccc(OC(=O)C2CCCCC2)cc1. The van der Waals surface area contributed by atoms with E-state index in [9.17, 15) is 9.59 Å². The second kappa shape index (κ2) is 8.57. The highest BCUT2D eigenvalue weighted by atomic mass is 16.5. The van der Waals surface area contributed by atoms with Crippen LogP contribution >= 0.6 is 0 Å². The molecule has 1 fully saturated rings. The van der Waals surface area contributed by atoms with Gasteiger partial charge < -0.3 is 9.47 Å². The van der Waals surface area contributed by atoms with Gasteiger partial charge >= 0.3 is 11.9 Å². The van der Waals surface area contributed by atoms with E-state index in [-0.39, 0.29) is 17.9 Å². The lowest BCUT2D eigenvalue weighted by atomic mass is 9.89. The Hall–Kier alpha value is -1.84. The molecule has 1 aromatic rings. The van der Waals surface area contributed by atoms with Gasteiger partial charge in [-0.15, -0.1) is 0 Å². The smallest absolute Gasteiger partial charge is 0.338 e. The monoisotopic (exact) mass is 304 g/mol. The van der Waals surface area contributed by atoms with Crippen molar-refractivity contribution in [2.45, 2.75) is 51.9 Å². The molecule has 0 spiro atoms. The van der Waals surface area contributed by atoms with Crippen molar-refractivity contribution in [3.8, 4) is 5.75 Å². The molecule has 0 aromatic heterocycles. The summed E-state index contributed by atoms with van der Waals surface area (Å²) in [6, 6.07) is 6.57. The number of carbonyl (C=O) groups excluding carboxylic acids is 2. The first-order chi connectivity index (χ1) is 10.7. The molecule has 1 aliphatic rings. The Morgan fingerprint density at radius 1 is 1.09 bits per heavy atom. The van der Waals surface area contributed by atoms with Crippen molar-refractivity contribution in [3.63, 3.8) is 0 Å². The number of rotatable bonds is 6. The largest absolute Gasteiger partial charge is 0.462 e. The average Bonchev–Trinajstić information content (AvgIpc) is 2.56. The average molecular weight is 304 g/mol. The molecule has 1 aliphatic carbocycles. The van der Waals surface area contributed by atoms with Gasteiger partial charge in [0.25, 0.3) is 0 Å². The third-order valence-electron chi connectivity index (χ3n) is 3.98. The number of benzene rings is 1.